The Morgan fingerprint density at radius 1 is 1.09 bits per heavy atom. The smallest absolute Gasteiger partial charge is 0.329 e. The topological polar surface area (TPSA) is 87.7 Å². The first-order chi connectivity index (χ1) is 16.4. The van der Waals surface area contributed by atoms with Gasteiger partial charge < -0.3 is 15.4 Å². The van der Waals surface area contributed by atoms with E-state index in [1.807, 2.05) is 69.3 Å². The maximum Gasteiger partial charge on any atom is 0.329 e. The second kappa shape index (κ2) is 9.79. The average Bonchev–Trinajstić information content (AvgIpc) is 3.09. The van der Waals surface area contributed by atoms with E-state index in [0.29, 0.717) is 17.0 Å². The summed E-state index contributed by atoms with van der Waals surface area (Å²) in [5.41, 5.74) is 2.46. The molecule has 1 fully saturated rings. The van der Waals surface area contributed by atoms with Crippen LogP contribution in [0.1, 0.15) is 31.4 Å². The molecule has 4 amide bonds. The molecule has 0 radical (unpaired) electrons. The van der Waals surface area contributed by atoms with Gasteiger partial charge >= 0.3 is 6.03 Å². The van der Waals surface area contributed by atoms with Crippen LogP contribution in [0.5, 0.6) is 5.75 Å². The number of hydrogen-bond donors (Lipinski definition) is 2. The van der Waals surface area contributed by atoms with Gasteiger partial charge in [-0.3, -0.25) is 9.59 Å². The molecule has 1 heterocycles. The van der Waals surface area contributed by atoms with Crippen LogP contribution in [0.15, 0.2) is 66.4 Å². The number of rotatable bonds is 7. The first-order valence-electron chi connectivity index (χ1n) is 11.2. The number of aryl methyl sites for hydroxylation is 1. The zero-order valence-corrected chi connectivity index (χ0v) is 19.4. The molecule has 0 bridgehead atoms. The van der Waals surface area contributed by atoms with Gasteiger partial charge in [-0.05, 0) is 55.3 Å². The summed E-state index contributed by atoms with van der Waals surface area (Å²) in [6.07, 6.45) is 2.43. The average molecular weight is 458 g/mol. The third-order valence-electron chi connectivity index (χ3n) is 5.72. The Morgan fingerprint density at radius 3 is 2.56 bits per heavy atom. The van der Waals surface area contributed by atoms with E-state index in [-0.39, 0.29) is 18.3 Å². The van der Waals surface area contributed by atoms with Crippen molar-refractivity contribution in [1.82, 2.24) is 10.2 Å². The monoisotopic (exact) mass is 457 g/mol. The highest BCUT2D eigenvalue weighted by Crippen LogP contribution is 2.32. The number of carbonyl (C=O) groups excluding carboxylic acids is 3. The van der Waals surface area contributed by atoms with E-state index >= 15 is 0 Å². The third-order valence-corrected chi connectivity index (χ3v) is 5.72. The largest absolute Gasteiger partial charge is 0.490 e. The molecule has 0 saturated carbocycles. The fourth-order valence-electron chi connectivity index (χ4n) is 3.67. The summed E-state index contributed by atoms with van der Waals surface area (Å²) in [7, 11) is 0. The summed E-state index contributed by atoms with van der Waals surface area (Å²) < 4.78 is 6.09. The molecule has 2 N–H and O–H groups in total. The predicted molar refractivity (Wildman–Crippen MR) is 132 cm³/mol. The Balaban J connectivity index is 1.60. The molecule has 0 aromatic heterocycles. The minimum absolute atomic E-state index is 0.0193. The van der Waals surface area contributed by atoms with E-state index in [2.05, 4.69) is 10.6 Å². The van der Waals surface area contributed by atoms with Gasteiger partial charge in [0.15, 0.2) is 0 Å². The van der Waals surface area contributed by atoms with Crippen molar-refractivity contribution < 1.29 is 19.1 Å². The van der Waals surface area contributed by atoms with E-state index in [0.717, 1.165) is 27.7 Å². The number of carbonyl (C=O) groups is 3. The first-order valence-corrected chi connectivity index (χ1v) is 11.2. The van der Waals surface area contributed by atoms with Gasteiger partial charge in [0.1, 0.15) is 18.0 Å². The number of nitrogens with one attached hydrogen (secondary N) is 2. The van der Waals surface area contributed by atoms with Crippen molar-refractivity contribution in [1.29, 1.82) is 0 Å². The van der Waals surface area contributed by atoms with Crippen molar-refractivity contribution in [2.24, 2.45) is 0 Å². The van der Waals surface area contributed by atoms with E-state index in [9.17, 15) is 14.4 Å². The molecule has 174 valence electrons. The molecule has 1 aliphatic heterocycles. The van der Waals surface area contributed by atoms with Crippen molar-refractivity contribution in [3.05, 3.63) is 77.5 Å². The number of nitrogens with zero attached hydrogens (tertiary/aromatic N) is 1. The zero-order chi connectivity index (χ0) is 24.2. The van der Waals surface area contributed by atoms with Crippen LogP contribution >= 0.6 is 0 Å². The Kier molecular flexibility index (Phi) is 6.63. The molecule has 1 aliphatic rings. The van der Waals surface area contributed by atoms with Crippen LogP contribution in [-0.4, -0.2) is 35.4 Å². The van der Waals surface area contributed by atoms with Gasteiger partial charge in [-0.15, -0.1) is 0 Å². The van der Waals surface area contributed by atoms with Crippen LogP contribution in [0.2, 0.25) is 0 Å². The lowest BCUT2D eigenvalue weighted by molar-refractivity contribution is -0.127. The number of ether oxygens (including phenoxy) is 1. The van der Waals surface area contributed by atoms with Crippen LogP contribution in [-0.2, 0) is 9.59 Å². The fourth-order valence-corrected chi connectivity index (χ4v) is 3.67. The van der Waals surface area contributed by atoms with Crippen LogP contribution in [0.25, 0.3) is 16.8 Å². The van der Waals surface area contributed by atoms with E-state index in [1.165, 1.54) is 0 Å². The van der Waals surface area contributed by atoms with Crippen molar-refractivity contribution in [2.75, 3.05) is 11.9 Å². The molecular formula is C27H27N3O4. The quantitative estimate of drug-likeness (QED) is 0.392. The van der Waals surface area contributed by atoms with Crippen molar-refractivity contribution in [3.8, 4) is 5.75 Å². The van der Waals surface area contributed by atoms with Gasteiger partial charge in [-0.25, -0.2) is 9.69 Å². The molecule has 1 atom stereocenters. The van der Waals surface area contributed by atoms with Crippen molar-refractivity contribution in [3.63, 3.8) is 0 Å². The summed E-state index contributed by atoms with van der Waals surface area (Å²) in [4.78, 5) is 38.9. The van der Waals surface area contributed by atoms with Crippen LogP contribution in [0.4, 0.5) is 10.5 Å². The number of imide groups is 1. The maximum atomic E-state index is 13.0. The molecule has 7 heteroatoms. The standard InChI is InChI=1S/C27H27N3O4/c1-4-18(3)34-24-14-11-19-7-5-6-8-21(19)22(24)15-23-26(32)30(27(33)29-23)16-25(31)28-20-12-9-17(2)10-13-20/h5-15,18H,4,16H2,1-3H3,(H,28,31)(H,29,33)/b23-15+. The Morgan fingerprint density at radius 2 is 1.82 bits per heavy atom. The number of fused-ring (bicyclic) bond motifs is 1. The summed E-state index contributed by atoms with van der Waals surface area (Å²) in [5.74, 6) is -0.399. The van der Waals surface area contributed by atoms with E-state index in [1.54, 1.807) is 18.2 Å². The molecule has 0 spiro atoms. The van der Waals surface area contributed by atoms with Gasteiger partial charge in [0.05, 0.1) is 6.10 Å². The highest BCUT2D eigenvalue weighted by molar-refractivity contribution is 6.16. The van der Waals surface area contributed by atoms with Gasteiger partial charge in [0, 0.05) is 11.3 Å². The van der Waals surface area contributed by atoms with Crippen LogP contribution < -0.4 is 15.4 Å². The number of amides is 4. The normalized spacial score (nSPS) is 15.5. The minimum Gasteiger partial charge on any atom is -0.490 e. The lowest BCUT2D eigenvalue weighted by Gasteiger charge is -2.17. The highest BCUT2D eigenvalue weighted by atomic mass is 16.5. The first kappa shape index (κ1) is 23.0. The van der Waals surface area contributed by atoms with E-state index < -0.39 is 17.8 Å². The second-order valence-electron chi connectivity index (χ2n) is 8.33. The highest BCUT2D eigenvalue weighted by Gasteiger charge is 2.35. The lowest BCUT2D eigenvalue weighted by Crippen LogP contribution is -2.38. The molecule has 3 aromatic carbocycles. The van der Waals surface area contributed by atoms with Gasteiger partial charge in [0.2, 0.25) is 5.91 Å². The molecule has 4 rings (SSSR count). The number of anilines is 1. The Hall–Kier alpha value is -4.13. The molecule has 1 saturated heterocycles. The minimum atomic E-state index is -0.639. The lowest BCUT2D eigenvalue weighted by atomic mass is 10.0. The van der Waals surface area contributed by atoms with Gasteiger partial charge in [0.25, 0.3) is 5.91 Å². The summed E-state index contributed by atoms with van der Waals surface area (Å²) >= 11 is 0. The van der Waals surface area contributed by atoms with Gasteiger partial charge in [-0.2, -0.15) is 0 Å². The molecule has 7 nitrogen and oxygen atoms in total. The molecule has 0 aliphatic carbocycles. The number of hydrogen-bond acceptors (Lipinski definition) is 4. The maximum absolute atomic E-state index is 13.0. The second-order valence-corrected chi connectivity index (χ2v) is 8.33. The predicted octanol–water partition coefficient (Wildman–Crippen LogP) is 4.86. The molecule has 3 aromatic rings. The van der Waals surface area contributed by atoms with Crippen LogP contribution in [0.3, 0.4) is 0 Å². The zero-order valence-electron chi connectivity index (χ0n) is 19.4. The SMILES string of the molecule is CCC(C)Oc1ccc2ccccc2c1/C=C1/NC(=O)N(CC(=O)Nc2ccc(C)cc2)C1=O. The molecular weight excluding hydrogens is 430 g/mol. The molecule has 1 unspecified atom stereocenters. The summed E-state index contributed by atoms with van der Waals surface area (Å²) in [5, 5.41) is 7.19. The van der Waals surface area contributed by atoms with Crippen LogP contribution in [0, 0.1) is 6.92 Å². The Labute approximate surface area is 198 Å². The number of urea groups is 1. The number of benzene rings is 3. The van der Waals surface area contributed by atoms with Crippen molar-refractivity contribution >= 4 is 40.4 Å². The summed E-state index contributed by atoms with van der Waals surface area (Å²) in [6.45, 7) is 5.57. The third kappa shape index (κ3) is 4.93. The summed E-state index contributed by atoms with van der Waals surface area (Å²) in [6, 6.07) is 18.2. The Bertz CT molecular complexity index is 1280. The van der Waals surface area contributed by atoms with Gasteiger partial charge in [-0.1, -0.05) is 55.0 Å². The van der Waals surface area contributed by atoms with Crippen molar-refractivity contribution in [2.45, 2.75) is 33.3 Å². The fraction of sp³-hybridized carbons (Fsp3) is 0.222. The van der Waals surface area contributed by atoms with E-state index in [4.69, 9.17) is 4.74 Å². The molecule has 34 heavy (non-hydrogen) atoms.